The summed E-state index contributed by atoms with van der Waals surface area (Å²) >= 11 is 0. The smallest absolute Gasteiger partial charge is 0.150 e. The Labute approximate surface area is 74.9 Å². The quantitative estimate of drug-likeness (QED) is 0.593. The van der Waals surface area contributed by atoms with Crippen LogP contribution in [0.1, 0.15) is 27.2 Å². The first-order chi connectivity index (χ1) is 5.52. The second-order valence-corrected chi connectivity index (χ2v) is 4.40. The Balaban J connectivity index is 2.67. The first-order valence-electron chi connectivity index (χ1n) is 4.75. The minimum Gasteiger partial charge on any atom is -0.298 e. The second kappa shape index (κ2) is 3.56. The standard InChI is InChI=1S/C10H19NO/c1-7(2)10-9(12)5-8(3)6-11(10)4/h7-8,10H,5-6H2,1-4H3/t8-,10+/m0/s1. The highest BCUT2D eigenvalue weighted by Crippen LogP contribution is 2.21. The summed E-state index contributed by atoms with van der Waals surface area (Å²) < 4.78 is 0. The van der Waals surface area contributed by atoms with Crippen molar-refractivity contribution in [2.24, 2.45) is 11.8 Å². The van der Waals surface area contributed by atoms with Gasteiger partial charge in [-0.25, -0.2) is 0 Å². The molecule has 70 valence electrons. The van der Waals surface area contributed by atoms with Crippen LogP contribution >= 0.6 is 0 Å². The highest BCUT2D eigenvalue weighted by atomic mass is 16.1. The Bertz CT molecular complexity index is 177. The van der Waals surface area contributed by atoms with E-state index in [0.717, 1.165) is 13.0 Å². The van der Waals surface area contributed by atoms with E-state index in [4.69, 9.17) is 0 Å². The molecule has 1 aliphatic heterocycles. The van der Waals surface area contributed by atoms with Crippen molar-refractivity contribution in [3.05, 3.63) is 0 Å². The summed E-state index contributed by atoms with van der Waals surface area (Å²) in [6, 6.07) is 0.168. The van der Waals surface area contributed by atoms with Crippen molar-refractivity contribution in [1.29, 1.82) is 0 Å². The van der Waals surface area contributed by atoms with Gasteiger partial charge in [0.25, 0.3) is 0 Å². The first kappa shape index (κ1) is 9.72. The topological polar surface area (TPSA) is 20.3 Å². The predicted molar refractivity (Wildman–Crippen MR) is 50.0 cm³/mol. The van der Waals surface area contributed by atoms with Crippen LogP contribution in [0.3, 0.4) is 0 Å². The number of hydrogen-bond acceptors (Lipinski definition) is 2. The Hall–Kier alpha value is -0.370. The molecule has 1 fully saturated rings. The maximum atomic E-state index is 11.6. The van der Waals surface area contributed by atoms with Gasteiger partial charge in [0.1, 0.15) is 0 Å². The second-order valence-electron chi connectivity index (χ2n) is 4.40. The zero-order chi connectivity index (χ0) is 9.30. The van der Waals surface area contributed by atoms with Crippen LogP contribution in [-0.4, -0.2) is 30.3 Å². The number of hydrogen-bond donors (Lipinski definition) is 0. The zero-order valence-corrected chi connectivity index (χ0v) is 8.50. The molecule has 0 aromatic carbocycles. The van der Waals surface area contributed by atoms with Gasteiger partial charge in [0, 0.05) is 13.0 Å². The van der Waals surface area contributed by atoms with E-state index in [9.17, 15) is 4.79 Å². The number of likely N-dealkylation sites (tertiary alicyclic amines) is 1. The third-order valence-electron chi connectivity index (χ3n) is 2.59. The van der Waals surface area contributed by atoms with E-state index in [-0.39, 0.29) is 6.04 Å². The van der Waals surface area contributed by atoms with Crippen LogP contribution in [0.15, 0.2) is 0 Å². The Kier molecular flexibility index (Phi) is 2.89. The molecule has 2 nitrogen and oxygen atoms in total. The molecule has 0 spiro atoms. The third kappa shape index (κ3) is 1.86. The maximum absolute atomic E-state index is 11.6. The maximum Gasteiger partial charge on any atom is 0.150 e. The molecule has 2 atom stereocenters. The number of ketones is 1. The number of nitrogens with zero attached hydrogens (tertiary/aromatic N) is 1. The average molecular weight is 169 g/mol. The molecule has 0 N–H and O–H groups in total. The lowest BCUT2D eigenvalue weighted by atomic mass is 9.87. The van der Waals surface area contributed by atoms with Gasteiger partial charge in [0.05, 0.1) is 6.04 Å². The molecule has 1 saturated heterocycles. The van der Waals surface area contributed by atoms with E-state index < -0.39 is 0 Å². The van der Waals surface area contributed by atoms with Crippen molar-refractivity contribution in [3.63, 3.8) is 0 Å². The molecule has 0 radical (unpaired) electrons. The van der Waals surface area contributed by atoms with Crippen molar-refractivity contribution < 1.29 is 4.79 Å². The summed E-state index contributed by atoms with van der Waals surface area (Å²) in [7, 11) is 2.05. The molecule has 1 heterocycles. The Morgan fingerprint density at radius 1 is 1.50 bits per heavy atom. The molecule has 0 saturated carbocycles. The van der Waals surface area contributed by atoms with Gasteiger partial charge < -0.3 is 0 Å². The molecule has 0 aromatic rings. The lowest BCUT2D eigenvalue weighted by molar-refractivity contribution is -0.129. The molecular formula is C10H19NO. The predicted octanol–water partition coefficient (Wildman–Crippen LogP) is 1.55. The minimum absolute atomic E-state index is 0.168. The molecule has 1 rings (SSSR count). The molecule has 12 heavy (non-hydrogen) atoms. The van der Waals surface area contributed by atoms with Gasteiger partial charge in [0.2, 0.25) is 0 Å². The van der Waals surface area contributed by atoms with Gasteiger partial charge in [-0.2, -0.15) is 0 Å². The molecular weight excluding hydrogens is 150 g/mol. The van der Waals surface area contributed by atoms with E-state index in [1.165, 1.54) is 0 Å². The normalized spacial score (nSPS) is 32.9. The molecule has 0 aromatic heterocycles. The van der Waals surface area contributed by atoms with E-state index in [2.05, 4.69) is 32.7 Å². The number of carbonyl (C=O) groups excluding carboxylic acids is 1. The number of piperidine rings is 1. The van der Waals surface area contributed by atoms with Crippen molar-refractivity contribution >= 4 is 5.78 Å². The van der Waals surface area contributed by atoms with Crippen LogP contribution in [0.2, 0.25) is 0 Å². The number of carbonyl (C=O) groups is 1. The average Bonchev–Trinajstić information content (AvgIpc) is 1.82. The third-order valence-corrected chi connectivity index (χ3v) is 2.59. The number of Topliss-reactive ketones (excluding diaryl/α,β-unsaturated/α-hetero) is 1. The van der Waals surface area contributed by atoms with E-state index in [1.54, 1.807) is 0 Å². The van der Waals surface area contributed by atoms with Crippen molar-refractivity contribution in [3.8, 4) is 0 Å². The van der Waals surface area contributed by atoms with E-state index >= 15 is 0 Å². The SMILES string of the molecule is CC(C)[C@@H]1C(=O)C[C@H](C)CN1C. The summed E-state index contributed by atoms with van der Waals surface area (Å²) in [5.41, 5.74) is 0. The lowest BCUT2D eigenvalue weighted by Crippen LogP contribution is -2.49. The van der Waals surface area contributed by atoms with Crippen LogP contribution in [0.25, 0.3) is 0 Å². The van der Waals surface area contributed by atoms with Gasteiger partial charge in [0.15, 0.2) is 5.78 Å². The Morgan fingerprint density at radius 2 is 2.08 bits per heavy atom. The van der Waals surface area contributed by atoms with Gasteiger partial charge in [-0.3, -0.25) is 9.69 Å². The number of rotatable bonds is 1. The monoisotopic (exact) mass is 169 g/mol. The zero-order valence-electron chi connectivity index (χ0n) is 8.50. The van der Waals surface area contributed by atoms with Crippen LogP contribution in [0.4, 0.5) is 0 Å². The van der Waals surface area contributed by atoms with Crippen LogP contribution in [0, 0.1) is 11.8 Å². The van der Waals surface area contributed by atoms with Crippen LogP contribution < -0.4 is 0 Å². The van der Waals surface area contributed by atoms with Crippen molar-refractivity contribution in [1.82, 2.24) is 4.90 Å². The summed E-state index contributed by atoms with van der Waals surface area (Å²) in [5.74, 6) is 1.42. The van der Waals surface area contributed by atoms with Crippen molar-refractivity contribution in [2.75, 3.05) is 13.6 Å². The fourth-order valence-electron chi connectivity index (χ4n) is 2.26. The van der Waals surface area contributed by atoms with Gasteiger partial charge in [-0.1, -0.05) is 20.8 Å². The fraction of sp³-hybridized carbons (Fsp3) is 0.900. The van der Waals surface area contributed by atoms with Crippen LogP contribution in [-0.2, 0) is 4.79 Å². The minimum atomic E-state index is 0.168. The summed E-state index contributed by atoms with van der Waals surface area (Å²) in [4.78, 5) is 13.8. The molecule has 1 aliphatic rings. The van der Waals surface area contributed by atoms with E-state index in [0.29, 0.717) is 17.6 Å². The van der Waals surface area contributed by atoms with E-state index in [1.807, 2.05) is 0 Å². The Morgan fingerprint density at radius 3 is 2.50 bits per heavy atom. The first-order valence-corrected chi connectivity index (χ1v) is 4.75. The van der Waals surface area contributed by atoms with Crippen molar-refractivity contribution in [2.45, 2.75) is 33.2 Å². The van der Waals surface area contributed by atoms with Gasteiger partial charge >= 0.3 is 0 Å². The van der Waals surface area contributed by atoms with Gasteiger partial charge in [-0.05, 0) is 18.9 Å². The van der Waals surface area contributed by atoms with Gasteiger partial charge in [-0.15, -0.1) is 0 Å². The molecule has 0 amide bonds. The molecule has 2 heteroatoms. The largest absolute Gasteiger partial charge is 0.298 e. The number of likely N-dealkylation sites (N-methyl/N-ethyl adjacent to an activating group) is 1. The lowest BCUT2D eigenvalue weighted by Gasteiger charge is -2.36. The summed E-state index contributed by atoms with van der Waals surface area (Å²) in [5, 5.41) is 0. The highest BCUT2D eigenvalue weighted by molar-refractivity contribution is 5.85. The molecule has 0 aliphatic carbocycles. The highest BCUT2D eigenvalue weighted by Gasteiger charge is 2.32. The van der Waals surface area contributed by atoms with Crippen LogP contribution in [0.5, 0.6) is 0 Å². The fourth-order valence-corrected chi connectivity index (χ4v) is 2.26. The molecule has 0 unspecified atom stereocenters. The summed E-state index contributed by atoms with van der Waals surface area (Å²) in [6.07, 6.45) is 0.771. The molecule has 0 bridgehead atoms. The summed E-state index contributed by atoms with van der Waals surface area (Å²) in [6.45, 7) is 7.45.